The molecule has 0 aromatic heterocycles. The van der Waals surface area contributed by atoms with Gasteiger partial charge in [0.15, 0.2) is 11.5 Å². The van der Waals surface area contributed by atoms with Gasteiger partial charge in [0, 0.05) is 22.4 Å². The van der Waals surface area contributed by atoms with E-state index in [1.54, 1.807) is 25.1 Å². The van der Waals surface area contributed by atoms with Gasteiger partial charge >= 0.3 is 5.97 Å². The summed E-state index contributed by atoms with van der Waals surface area (Å²) in [5.41, 5.74) is 3.84. The number of ether oxygens (including phenoxy) is 2. The van der Waals surface area contributed by atoms with Gasteiger partial charge in [0.25, 0.3) is 0 Å². The van der Waals surface area contributed by atoms with Crippen molar-refractivity contribution in [3.05, 3.63) is 80.6 Å². The molecule has 226 valence electrons. The van der Waals surface area contributed by atoms with Crippen molar-refractivity contribution in [2.24, 2.45) is 0 Å². The summed E-state index contributed by atoms with van der Waals surface area (Å²) in [5, 5.41) is 4.25. The highest BCUT2D eigenvalue weighted by Gasteiger charge is 2.31. The van der Waals surface area contributed by atoms with Crippen LogP contribution in [0.3, 0.4) is 0 Å². The molecule has 0 bridgehead atoms. The Morgan fingerprint density at radius 3 is 2.07 bits per heavy atom. The zero-order chi connectivity index (χ0) is 30.5. The van der Waals surface area contributed by atoms with Crippen LogP contribution in [0.15, 0.2) is 64.9 Å². The average Bonchev–Trinajstić information content (AvgIpc) is 2.97. The van der Waals surface area contributed by atoms with Crippen LogP contribution >= 0.6 is 23.2 Å². The molecular weight excluding hydrogens is 573 g/mol. The van der Waals surface area contributed by atoms with Gasteiger partial charge in [-0.15, -0.1) is 0 Å². The quantitative estimate of drug-likeness (QED) is 0.109. The Bertz CT molecular complexity index is 1310. The van der Waals surface area contributed by atoms with Crippen molar-refractivity contribution in [1.29, 1.82) is 0 Å². The van der Waals surface area contributed by atoms with E-state index in [4.69, 9.17) is 32.7 Å². The van der Waals surface area contributed by atoms with Gasteiger partial charge in [-0.05, 0) is 56.4 Å². The highest BCUT2D eigenvalue weighted by molar-refractivity contribution is 6.39. The Balaban J connectivity index is 1.28. The summed E-state index contributed by atoms with van der Waals surface area (Å²) in [5.74, 6) is -0.239. The molecule has 1 aliphatic rings. The Morgan fingerprint density at radius 2 is 1.43 bits per heavy atom. The second-order valence-corrected chi connectivity index (χ2v) is 11.3. The number of esters is 1. The summed E-state index contributed by atoms with van der Waals surface area (Å²) < 4.78 is 10.7. The van der Waals surface area contributed by atoms with Crippen LogP contribution in [-0.4, -0.2) is 31.3 Å². The molecule has 8 heteroatoms. The Labute approximate surface area is 259 Å². The third-order valence-corrected chi connectivity index (χ3v) is 8.17. The molecule has 0 saturated carbocycles. The van der Waals surface area contributed by atoms with E-state index in [9.17, 15) is 14.4 Å². The molecule has 0 amide bonds. The van der Waals surface area contributed by atoms with Crippen LogP contribution in [-0.2, 0) is 30.3 Å². The molecular formula is C34H41Cl2NO5. The lowest BCUT2D eigenvalue weighted by molar-refractivity contribution is -0.143. The number of unbranched alkanes of at least 4 members (excludes halogenated alkanes) is 7. The maximum absolute atomic E-state index is 12.8. The zero-order valence-electron chi connectivity index (χ0n) is 24.8. The minimum atomic E-state index is -0.267. The summed E-state index contributed by atoms with van der Waals surface area (Å²) >= 11 is 12.6. The number of nitrogens with one attached hydrogen (secondary N) is 1. The number of halogens is 2. The first-order chi connectivity index (χ1) is 20.3. The molecule has 0 unspecified atom stereocenters. The van der Waals surface area contributed by atoms with Gasteiger partial charge in [0.1, 0.15) is 0 Å². The van der Waals surface area contributed by atoms with Gasteiger partial charge < -0.3 is 14.8 Å². The molecule has 0 atom stereocenters. The topological polar surface area (TPSA) is 81.7 Å². The van der Waals surface area contributed by atoms with E-state index in [1.165, 1.54) is 7.11 Å². The minimum absolute atomic E-state index is 0.0600. The maximum atomic E-state index is 12.8. The molecule has 0 fully saturated rings. The Morgan fingerprint density at radius 1 is 0.810 bits per heavy atom. The van der Waals surface area contributed by atoms with Crippen LogP contribution < -0.4 is 5.32 Å². The summed E-state index contributed by atoms with van der Waals surface area (Å²) in [6, 6.07) is 12.8. The lowest BCUT2D eigenvalue weighted by Crippen LogP contribution is -2.24. The van der Waals surface area contributed by atoms with E-state index in [1.807, 2.05) is 31.2 Å². The molecule has 1 aliphatic carbocycles. The van der Waals surface area contributed by atoms with Crippen LogP contribution in [0.25, 0.3) is 0 Å². The number of carbonyl (C=O) groups is 3. The number of hydrogen-bond donors (Lipinski definition) is 1. The number of rotatable bonds is 17. The van der Waals surface area contributed by atoms with Gasteiger partial charge in [0.05, 0.1) is 35.9 Å². The number of ketones is 2. The number of hydrogen-bond acceptors (Lipinski definition) is 6. The first kappa shape index (κ1) is 33.4. The monoisotopic (exact) mass is 613 g/mol. The highest BCUT2D eigenvalue weighted by atomic mass is 35.5. The molecule has 2 aromatic carbocycles. The first-order valence-corrected chi connectivity index (χ1v) is 15.5. The lowest BCUT2D eigenvalue weighted by Gasteiger charge is -2.20. The van der Waals surface area contributed by atoms with E-state index < -0.39 is 0 Å². The number of Topliss-reactive ketones (excluding diaryl/α,β-unsaturated/α-hetero) is 2. The molecule has 3 rings (SSSR count). The van der Waals surface area contributed by atoms with Gasteiger partial charge in [-0.2, -0.15) is 0 Å². The molecule has 42 heavy (non-hydrogen) atoms. The smallest absolute Gasteiger partial charge is 0.310 e. The van der Waals surface area contributed by atoms with Crippen LogP contribution in [0.1, 0.15) is 83.6 Å². The fourth-order valence-corrected chi connectivity index (χ4v) is 5.65. The third-order valence-electron chi connectivity index (χ3n) is 7.54. The predicted molar refractivity (Wildman–Crippen MR) is 169 cm³/mol. The van der Waals surface area contributed by atoms with E-state index in [2.05, 4.69) is 5.32 Å². The minimum Gasteiger partial charge on any atom is -0.492 e. The second-order valence-electron chi connectivity index (χ2n) is 10.5. The third kappa shape index (κ3) is 9.20. The van der Waals surface area contributed by atoms with Crippen molar-refractivity contribution in [2.75, 3.05) is 19.0 Å². The van der Waals surface area contributed by atoms with Gasteiger partial charge in [0.2, 0.25) is 5.78 Å². The summed E-state index contributed by atoms with van der Waals surface area (Å²) in [6.45, 7) is 4.03. The summed E-state index contributed by atoms with van der Waals surface area (Å²) in [7, 11) is 1.46. The lowest BCUT2D eigenvalue weighted by atomic mass is 9.85. The number of benzene rings is 2. The molecule has 0 aliphatic heterocycles. The number of allylic oxidation sites excluding steroid dienone is 3. The largest absolute Gasteiger partial charge is 0.492 e. The van der Waals surface area contributed by atoms with Crippen LogP contribution in [0.4, 0.5) is 11.4 Å². The van der Waals surface area contributed by atoms with Gasteiger partial charge in [-0.25, -0.2) is 0 Å². The molecule has 0 spiro atoms. The first-order valence-electron chi connectivity index (χ1n) is 14.8. The van der Waals surface area contributed by atoms with Crippen molar-refractivity contribution in [2.45, 2.75) is 84.5 Å². The van der Waals surface area contributed by atoms with Gasteiger partial charge in [-0.3, -0.25) is 14.4 Å². The number of para-hydroxylation sites is 2. The van der Waals surface area contributed by atoms with Crippen LogP contribution in [0.5, 0.6) is 0 Å². The van der Waals surface area contributed by atoms with E-state index in [0.717, 1.165) is 62.6 Å². The molecule has 0 heterocycles. The summed E-state index contributed by atoms with van der Waals surface area (Å²) in [4.78, 5) is 37.8. The Hall–Kier alpha value is -3.09. The molecule has 2 aromatic rings. The maximum Gasteiger partial charge on any atom is 0.310 e. The average molecular weight is 615 g/mol. The van der Waals surface area contributed by atoms with Crippen molar-refractivity contribution in [3.8, 4) is 0 Å². The Kier molecular flexibility index (Phi) is 13.6. The van der Waals surface area contributed by atoms with Crippen LogP contribution in [0.2, 0.25) is 10.0 Å². The fraction of sp³-hybridized carbons (Fsp3) is 0.441. The molecule has 1 N–H and O–H groups in total. The molecule has 0 saturated heterocycles. The highest BCUT2D eigenvalue weighted by Crippen LogP contribution is 2.34. The zero-order valence-corrected chi connectivity index (χ0v) is 26.3. The van der Waals surface area contributed by atoms with E-state index >= 15 is 0 Å². The van der Waals surface area contributed by atoms with Gasteiger partial charge in [-0.1, -0.05) is 92.9 Å². The number of methoxy groups -OCH3 is 1. The van der Waals surface area contributed by atoms with Crippen molar-refractivity contribution in [1.82, 2.24) is 0 Å². The van der Waals surface area contributed by atoms with E-state index in [0.29, 0.717) is 51.9 Å². The standard InChI is InChI=1S/C34H41Cl2NO5/c1-4-25-32(39)23(2)26(33(40)34(25)41-3)17-11-9-7-5-6-8-10-14-21-42-30(38)22-24-16-12-13-20-29(24)37-31-27(35)18-15-19-28(31)36/h12-13,15-16,18-20,37H,4-11,14,17,21-22H2,1-3H3. The fourth-order valence-electron chi connectivity index (χ4n) is 5.15. The molecule has 6 nitrogen and oxygen atoms in total. The van der Waals surface area contributed by atoms with E-state index in [-0.39, 0.29) is 29.7 Å². The van der Waals surface area contributed by atoms with Crippen molar-refractivity contribution in [3.63, 3.8) is 0 Å². The predicted octanol–water partition coefficient (Wildman–Crippen LogP) is 9.11. The van der Waals surface area contributed by atoms with Crippen LogP contribution in [0, 0.1) is 0 Å². The number of anilines is 2. The van der Waals surface area contributed by atoms with Crippen molar-refractivity contribution < 1.29 is 23.9 Å². The summed E-state index contributed by atoms with van der Waals surface area (Å²) in [6.07, 6.45) is 9.40. The second kappa shape index (κ2) is 17.1. The molecule has 0 radical (unpaired) electrons. The normalized spacial score (nSPS) is 13.5. The SMILES string of the molecule is CCC1=C(OC)C(=O)C(CCCCCCCCCCOC(=O)Cc2ccccc2Nc2c(Cl)cccc2Cl)=C(C)C1=O. The number of carbonyl (C=O) groups excluding carboxylic acids is 3. The van der Waals surface area contributed by atoms with Crippen molar-refractivity contribution >= 4 is 52.1 Å².